The van der Waals surface area contributed by atoms with E-state index in [4.69, 9.17) is 11.6 Å². The molecule has 0 radical (unpaired) electrons. The maximum absolute atomic E-state index is 10.9. The number of nitro groups is 1. The van der Waals surface area contributed by atoms with E-state index in [9.17, 15) is 10.1 Å². The van der Waals surface area contributed by atoms with Crippen LogP contribution in [0.2, 0.25) is 5.02 Å². The second-order valence-corrected chi connectivity index (χ2v) is 6.97. The predicted molar refractivity (Wildman–Crippen MR) is 82.3 cm³/mol. The molecule has 4 nitrogen and oxygen atoms in total. The maximum atomic E-state index is 10.9. The average molecular weight is 297 g/mol. The van der Waals surface area contributed by atoms with Gasteiger partial charge in [-0.25, -0.2) is 0 Å². The molecule has 1 aliphatic rings. The van der Waals surface area contributed by atoms with Crippen molar-refractivity contribution in [1.29, 1.82) is 0 Å². The summed E-state index contributed by atoms with van der Waals surface area (Å²) in [5, 5.41) is 14.5. The molecule has 2 rings (SSSR count). The zero-order chi connectivity index (χ0) is 14.9. The third-order valence-corrected chi connectivity index (χ3v) is 4.51. The van der Waals surface area contributed by atoms with Crippen molar-refractivity contribution < 1.29 is 4.92 Å². The standard InChI is InChI=1S/C15H21ClN2O2/c1-10-9-15(2,3)7-6-13(10)17-11-4-5-12(16)14(8-11)18(19)20/h4-5,8,10,13,17H,6-7,9H2,1-3H3. The van der Waals surface area contributed by atoms with E-state index in [1.165, 1.54) is 18.9 Å². The zero-order valence-electron chi connectivity index (χ0n) is 12.1. The second kappa shape index (κ2) is 5.60. The Kier molecular flexibility index (Phi) is 4.23. The van der Waals surface area contributed by atoms with Crippen LogP contribution in [0.4, 0.5) is 11.4 Å². The molecule has 5 heteroatoms. The first kappa shape index (κ1) is 15.1. The third kappa shape index (κ3) is 3.42. The number of nitrogens with zero attached hydrogens (tertiary/aromatic N) is 1. The number of nitrogens with one attached hydrogen (secondary N) is 1. The first-order valence-electron chi connectivity index (χ1n) is 6.99. The molecule has 0 saturated heterocycles. The summed E-state index contributed by atoms with van der Waals surface area (Å²) in [5.74, 6) is 0.550. The summed E-state index contributed by atoms with van der Waals surface area (Å²) in [6.07, 6.45) is 3.43. The van der Waals surface area contributed by atoms with E-state index in [2.05, 4.69) is 26.1 Å². The van der Waals surface area contributed by atoms with E-state index < -0.39 is 4.92 Å². The van der Waals surface area contributed by atoms with Crippen molar-refractivity contribution in [3.8, 4) is 0 Å². The van der Waals surface area contributed by atoms with Gasteiger partial charge in [0.25, 0.3) is 5.69 Å². The summed E-state index contributed by atoms with van der Waals surface area (Å²) in [6, 6.07) is 5.28. The monoisotopic (exact) mass is 296 g/mol. The van der Waals surface area contributed by atoms with E-state index in [-0.39, 0.29) is 10.7 Å². The smallest absolute Gasteiger partial charge is 0.289 e. The Morgan fingerprint density at radius 1 is 1.45 bits per heavy atom. The van der Waals surface area contributed by atoms with Gasteiger partial charge in [0, 0.05) is 17.8 Å². The summed E-state index contributed by atoms with van der Waals surface area (Å²) < 4.78 is 0. The van der Waals surface area contributed by atoms with Gasteiger partial charge in [-0.1, -0.05) is 32.4 Å². The number of hydrogen-bond acceptors (Lipinski definition) is 3. The molecule has 1 aromatic carbocycles. The highest BCUT2D eigenvalue weighted by Gasteiger charge is 2.32. The van der Waals surface area contributed by atoms with Crippen LogP contribution in [0, 0.1) is 21.4 Å². The van der Waals surface area contributed by atoms with Crippen molar-refractivity contribution in [3.05, 3.63) is 33.3 Å². The summed E-state index contributed by atoms with van der Waals surface area (Å²) in [4.78, 5) is 10.5. The number of rotatable bonds is 3. The number of hydrogen-bond donors (Lipinski definition) is 1. The van der Waals surface area contributed by atoms with Gasteiger partial charge in [-0.2, -0.15) is 0 Å². The van der Waals surface area contributed by atoms with Crippen LogP contribution in [0.25, 0.3) is 0 Å². The fourth-order valence-electron chi connectivity index (χ4n) is 3.12. The number of anilines is 1. The Morgan fingerprint density at radius 2 is 2.15 bits per heavy atom. The molecular weight excluding hydrogens is 276 g/mol. The molecule has 1 N–H and O–H groups in total. The van der Waals surface area contributed by atoms with Crippen LogP contribution in [0.5, 0.6) is 0 Å². The molecule has 0 aliphatic heterocycles. The van der Waals surface area contributed by atoms with Gasteiger partial charge in [0.1, 0.15) is 5.02 Å². The fourth-order valence-corrected chi connectivity index (χ4v) is 3.30. The lowest BCUT2D eigenvalue weighted by atomic mass is 9.70. The van der Waals surface area contributed by atoms with Crippen molar-refractivity contribution in [2.75, 3.05) is 5.32 Å². The largest absolute Gasteiger partial charge is 0.382 e. The Morgan fingerprint density at radius 3 is 2.75 bits per heavy atom. The SMILES string of the molecule is CC1CC(C)(C)CCC1Nc1ccc(Cl)c([N+](=O)[O-])c1. The minimum absolute atomic E-state index is 0.0412. The molecule has 110 valence electrons. The van der Waals surface area contributed by atoms with E-state index in [0.29, 0.717) is 17.4 Å². The molecule has 0 bridgehead atoms. The van der Waals surface area contributed by atoms with Crippen LogP contribution in [-0.4, -0.2) is 11.0 Å². The van der Waals surface area contributed by atoms with Gasteiger partial charge in [-0.3, -0.25) is 10.1 Å². The molecule has 0 amide bonds. The van der Waals surface area contributed by atoms with E-state index in [1.807, 2.05) is 6.07 Å². The molecular formula is C15H21ClN2O2. The highest BCUT2D eigenvalue weighted by atomic mass is 35.5. The van der Waals surface area contributed by atoms with Gasteiger partial charge in [0.2, 0.25) is 0 Å². The quantitative estimate of drug-likeness (QED) is 0.639. The Hall–Kier alpha value is -1.29. The lowest BCUT2D eigenvalue weighted by molar-refractivity contribution is -0.384. The van der Waals surface area contributed by atoms with Crippen LogP contribution < -0.4 is 5.32 Å². The van der Waals surface area contributed by atoms with Crippen LogP contribution in [0.15, 0.2) is 18.2 Å². The van der Waals surface area contributed by atoms with Crippen molar-refractivity contribution in [1.82, 2.24) is 0 Å². The van der Waals surface area contributed by atoms with E-state index in [1.54, 1.807) is 6.07 Å². The minimum atomic E-state index is -0.444. The first-order valence-corrected chi connectivity index (χ1v) is 7.37. The summed E-state index contributed by atoms with van der Waals surface area (Å²) in [7, 11) is 0. The number of halogens is 1. The molecule has 20 heavy (non-hydrogen) atoms. The summed E-state index contributed by atoms with van der Waals surface area (Å²) >= 11 is 5.83. The van der Waals surface area contributed by atoms with E-state index in [0.717, 1.165) is 12.1 Å². The highest BCUT2D eigenvalue weighted by Crippen LogP contribution is 2.40. The van der Waals surface area contributed by atoms with Crippen molar-refractivity contribution in [2.45, 2.75) is 46.1 Å². The lowest BCUT2D eigenvalue weighted by Gasteiger charge is -2.40. The van der Waals surface area contributed by atoms with Gasteiger partial charge < -0.3 is 5.32 Å². The van der Waals surface area contributed by atoms with Crippen molar-refractivity contribution in [2.24, 2.45) is 11.3 Å². The molecule has 2 atom stereocenters. The van der Waals surface area contributed by atoms with Gasteiger partial charge in [-0.15, -0.1) is 0 Å². The first-order chi connectivity index (χ1) is 9.28. The summed E-state index contributed by atoms with van der Waals surface area (Å²) in [5.41, 5.74) is 1.13. The topological polar surface area (TPSA) is 55.2 Å². The maximum Gasteiger partial charge on any atom is 0.289 e. The predicted octanol–water partition coefficient (Wildman–Crippen LogP) is 4.87. The lowest BCUT2D eigenvalue weighted by Crippen LogP contribution is -2.36. The van der Waals surface area contributed by atoms with Crippen molar-refractivity contribution in [3.63, 3.8) is 0 Å². The second-order valence-electron chi connectivity index (χ2n) is 6.56. The van der Waals surface area contributed by atoms with Gasteiger partial charge in [-0.05, 0) is 42.7 Å². The number of benzene rings is 1. The van der Waals surface area contributed by atoms with Crippen molar-refractivity contribution >= 4 is 23.0 Å². The third-order valence-electron chi connectivity index (χ3n) is 4.19. The average Bonchev–Trinajstić information content (AvgIpc) is 2.34. The Bertz CT molecular complexity index is 517. The van der Waals surface area contributed by atoms with Crippen LogP contribution in [0.1, 0.15) is 40.0 Å². The van der Waals surface area contributed by atoms with Crippen LogP contribution in [0.3, 0.4) is 0 Å². The zero-order valence-corrected chi connectivity index (χ0v) is 12.9. The van der Waals surface area contributed by atoms with Gasteiger partial charge in [0.05, 0.1) is 4.92 Å². The summed E-state index contributed by atoms with van der Waals surface area (Å²) in [6.45, 7) is 6.84. The van der Waals surface area contributed by atoms with Crippen LogP contribution in [-0.2, 0) is 0 Å². The van der Waals surface area contributed by atoms with Crippen LogP contribution >= 0.6 is 11.6 Å². The minimum Gasteiger partial charge on any atom is -0.382 e. The van der Waals surface area contributed by atoms with Gasteiger partial charge >= 0.3 is 0 Å². The Balaban J connectivity index is 2.11. The number of nitro benzene ring substituents is 1. The Labute approximate surface area is 124 Å². The highest BCUT2D eigenvalue weighted by molar-refractivity contribution is 6.32. The fraction of sp³-hybridized carbons (Fsp3) is 0.600. The molecule has 0 spiro atoms. The molecule has 1 aromatic rings. The van der Waals surface area contributed by atoms with E-state index >= 15 is 0 Å². The molecule has 0 heterocycles. The molecule has 1 aliphatic carbocycles. The normalized spacial score (nSPS) is 25.2. The van der Waals surface area contributed by atoms with Gasteiger partial charge in [0.15, 0.2) is 0 Å². The molecule has 2 unspecified atom stereocenters. The molecule has 0 aromatic heterocycles. The molecule has 1 saturated carbocycles. The molecule has 1 fully saturated rings.